The number of hydrogen-bond acceptors (Lipinski definition) is 2. The first kappa shape index (κ1) is 9.01. The number of hydrogen-bond donors (Lipinski definition) is 1. The first-order valence-corrected chi connectivity index (χ1v) is 4.71. The highest BCUT2D eigenvalue weighted by Gasteiger charge is 2.21. The Balaban J connectivity index is 2.40. The molecule has 1 aliphatic heterocycles. The van der Waals surface area contributed by atoms with Crippen molar-refractivity contribution in [2.75, 3.05) is 13.1 Å². The zero-order chi connectivity index (χ0) is 8.27. The normalized spacial score (nSPS) is 30.3. The van der Waals surface area contributed by atoms with Gasteiger partial charge in [-0.3, -0.25) is 4.90 Å². The molecule has 2 atom stereocenters. The van der Waals surface area contributed by atoms with Crippen LogP contribution in [0.4, 0.5) is 0 Å². The largest absolute Gasteiger partial charge is 0.329 e. The minimum absolute atomic E-state index is 0.574. The highest BCUT2D eigenvalue weighted by atomic mass is 15.2. The van der Waals surface area contributed by atoms with E-state index in [1.807, 2.05) is 0 Å². The molecule has 0 aromatic carbocycles. The summed E-state index contributed by atoms with van der Waals surface area (Å²) in [5.41, 5.74) is 5.62. The van der Waals surface area contributed by atoms with Crippen LogP contribution in [0.25, 0.3) is 0 Å². The molecule has 0 aliphatic carbocycles. The molecule has 1 heterocycles. The van der Waals surface area contributed by atoms with Crippen LogP contribution >= 0.6 is 0 Å². The minimum Gasteiger partial charge on any atom is -0.329 e. The standard InChI is InChI=1S/C9H20N2/c1-8-5-3-4-6-11(8)9(2)7-10/h8-9H,3-7,10H2,1-2H3/t8-,9-/m1/s1. The summed E-state index contributed by atoms with van der Waals surface area (Å²) in [4.78, 5) is 2.53. The number of nitrogens with zero attached hydrogens (tertiary/aromatic N) is 1. The third-order valence-electron chi connectivity index (χ3n) is 2.76. The van der Waals surface area contributed by atoms with Crippen LogP contribution in [0.5, 0.6) is 0 Å². The van der Waals surface area contributed by atoms with Crippen molar-refractivity contribution in [2.45, 2.75) is 45.2 Å². The molecule has 0 spiro atoms. The molecular formula is C9H20N2. The molecule has 1 aliphatic rings. The Kier molecular flexibility index (Phi) is 3.34. The second-order valence-electron chi connectivity index (χ2n) is 3.67. The van der Waals surface area contributed by atoms with Crippen LogP contribution in [0.3, 0.4) is 0 Å². The van der Waals surface area contributed by atoms with Crippen LogP contribution in [0, 0.1) is 0 Å². The molecule has 2 nitrogen and oxygen atoms in total. The van der Waals surface area contributed by atoms with Crippen molar-refractivity contribution < 1.29 is 0 Å². The Labute approximate surface area is 69.8 Å². The molecule has 1 rings (SSSR count). The first-order valence-electron chi connectivity index (χ1n) is 4.71. The lowest BCUT2D eigenvalue weighted by Crippen LogP contribution is -2.46. The van der Waals surface area contributed by atoms with Crippen LogP contribution in [0.15, 0.2) is 0 Å². The SMILES string of the molecule is C[C@H](CN)N1CCCC[C@H]1C. The zero-order valence-electron chi connectivity index (χ0n) is 7.71. The smallest absolute Gasteiger partial charge is 0.0192 e. The molecule has 11 heavy (non-hydrogen) atoms. The molecule has 0 unspecified atom stereocenters. The lowest BCUT2D eigenvalue weighted by Gasteiger charge is -2.37. The number of likely N-dealkylation sites (tertiary alicyclic amines) is 1. The second kappa shape index (κ2) is 4.07. The van der Waals surface area contributed by atoms with Crippen molar-refractivity contribution in [3.8, 4) is 0 Å². The number of nitrogens with two attached hydrogens (primary N) is 1. The van der Waals surface area contributed by atoms with E-state index in [0.29, 0.717) is 6.04 Å². The van der Waals surface area contributed by atoms with Gasteiger partial charge in [-0.1, -0.05) is 6.42 Å². The second-order valence-corrected chi connectivity index (χ2v) is 3.67. The maximum Gasteiger partial charge on any atom is 0.0192 e. The number of rotatable bonds is 2. The van der Waals surface area contributed by atoms with E-state index in [4.69, 9.17) is 5.73 Å². The van der Waals surface area contributed by atoms with Gasteiger partial charge < -0.3 is 5.73 Å². The fourth-order valence-corrected chi connectivity index (χ4v) is 1.91. The lowest BCUT2D eigenvalue weighted by molar-refractivity contribution is 0.118. The average Bonchev–Trinajstić information content (AvgIpc) is 2.04. The van der Waals surface area contributed by atoms with Gasteiger partial charge in [-0.15, -0.1) is 0 Å². The monoisotopic (exact) mass is 156 g/mol. The van der Waals surface area contributed by atoms with E-state index < -0.39 is 0 Å². The predicted octanol–water partition coefficient (Wildman–Crippen LogP) is 1.21. The summed E-state index contributed by atoms with van der Waals surface area (Å²) in [6.07, 6.45) is 4.11. The summed E-state index contributed by atoms with van der Waals surface area (Å²) >= 11 is 0. The van der Waals surface area contributed by atoms with Gasteiger partial charge in [-0.2, -0.15) is 0 Å². The number of piperidine rings is 1. The van der Waals surface area contributed by atoms with Crippen molar-refractivity contribution >= 4 is 0 Å². The quantitative estimate of drug-likeness (QED) is 0.651. The third-order valence-corrected chi connectivity index (χ3v) is 2.76. The molecule has 0 saturated carbocycles. The summed E-state index contributed by atoms with van der Waals surface area (Å²) < 4.78 is 0. The van der Waals surface area contributed by atoms with Gasteiger partial charge in [0, 0.05) is 18.6 Å². The summed E-state index contributed by atoms with van der Waals surface area (Å²) in [6.45, 7) is 6.58. The van der Waals surface area contributed by atoms with E-state index in [1.54, 1.807) is 0 Å². The first-order chi connectivity index (χ1) is 5.25. The maximum atomic E-state index is 5.62. The van der Waals surface area contributed by atoms with Crippen LogP contribution in [-0.2, 0) is 0 Å². The van der Waals surface area contributed by atoms with Crippen molar-refractivity contribution in [1.82, 2.24) is 4.90 Å². The molecule has 2 N–H and O–H groups in total. The summed E-state index contributed by atoms with van der Waals surface area (Å²) in [5, 5.41) is 0. The molecule has 1 saturated heterocycles. The topological polar surface area (TPSA) is 29.3 Å². The molecule has 0 amide bonds. The molecule has 0 radical (unpaired) electrons. The fraction of sp³-hybridized carbons (Fsp3) is 1.00. The van der Waals surface area contributed by atoms with Crippen molar-refractivity contribution in [1.29, 1.82) is 0 Å². The van der Waals surface area contributed by atoms with Gasteiger partial charge in [-0.05, 0) is 33.2 Å². The van der Waals surface area contributed by atoms with Gasteiger partial charge >= 0.3 is 0 Å². The molecule has 0 bridgehead atoms. The summed E-state index contributed by atoms with van der Waals surface area (Å²) in [5.74, 6) is 0. The fourth-order valence-electron chi connectivity index (χ4n) is 1.91. The molecule has 66 valence electrons. The van der Waals surface area contributed by atoms with E-state index in [1.165, 1.54) is 25.8 Å². The van der Waals surface area contributed by atoms with Crippen LogP contribution in [0.1, 0.15) is 33.1 Å². The Morgan fingerprint density at radius 3 is 2.82 bits per heavy atom. The van der Waals surface area contributed by atoms with Gasteiger partial charge in [0.15, 0.2) is 0 Å². The van der Waals surface area contributed by atoms with E-state index in [0.717, 1.165) is 12.6 Å². The third kappa shape index (κ3) is 2.17. The Bertz CT molecular complexity index is 110. The highest BCUT2D eigenvalue weighted by Crippen LogP contribution is 2.18. The Hall–Kier alpha value is -0.0800. The van der Waals surface area contributed by atoms with Crippen LogP contribution < -0.4 is 5.73 Å². The van der Waals surface area contributed by atoms with E-state index >= 15 is 0 Å². The molecule has 2 heteroatoms. The molecule has 1 fully saturated rings. The molecular weight excluding hydrogens is 136 g/mol. The van der Waals surface area contributed by atoms with Crippen molar-refractivity contribution in [3.05, 3.63) is 0 Å². The van der Waals surface area contributed by atoms with Gasteiger partial charge in [0.1, 0.15) is 0 Å². The van der Waals surface area contributed by atoms with E-state index in [9.17, 15) is 0 Å². The summed E-state index contributed by atoms with van der Waals surface area (Å²) in [6, 6.07) is 1.33. The van der Waals surface area contributed by atoms with Crippen LogP contribution in [-0.4, -0.2) is 30.1 Å². The van der Waals surface area contributed by atoms with E-state index in [-0.39, 0.29) is 0 Å². The highest BCUT2D eigenvalue weighted by molar-refractivity contribution is 4.77. The van der Waals surface area contributed by atoms with Gasteiger partial charge in [-0.25, -0.2) is 0 Å². The predicted molar refractivity (Wildman–Crippen MR) is 48.5 cm³/mol. The van der Waals surface area contributed by atoms with Crippen molar-refractivity contribution in [2.24, 2.45) is 5.73 Å². The van der Waals surface area contributed by atoms with Crippen molar-refractivity contribution in [3.63, 3.8) is 0 Å². The lowest BCUT2D eigenvalue weighted by atomic mass is 10.0. The van der Waals surface area contributed by atoms with Gasteiger partial charge in [0.25, 0.3) is 0 Å². The minimum atomic E-state index is 0.574. The van der Waals surface area contributed by atoms with Gasteiger partial charge in [0.05, 0.1) is 0 Å². The Morgan fingerprint density at radius 1 is 1.55 bits per heavy atom. The Morgan fingerprint density at radius 2 is 2.27 bits per heavy atom. The molecule has 0 aromatic rings. The summed E-state index contributed by atoms with van der Waals surface area (Å²) in [7, 11) is 0. The molecule has 0 aromatic heterocycles. The van der Waals surface area contributed by atoms with Gasteiger partial charge in [0.2, 0.25) is 0 Å². The zero-order valence-corrected chi connectivity index (χ0v) is 7.71. The average molecular weight is 156 g/mol. The van der Waals surface area contributed by atoms with E-state index in [2.05, 4.69) is 18.7 Å². The maximum absolute atomic E-state index is 5.62. The van der Waals surface area contributed by atoms with Crippen LogP contribution in [0.2, 0.25) is 0 Å².